The second kappa shape index (κ2) is 8.07. The number of hydroxylamine groups is 1. The summed E-state index contributed by atoms with van der Waals surface area (Å²) in [5.41, 5.74) is 3.18. The molecule has 0 saturated carbocycles. The van der Waals surface area contributed by atoms with Crippen LogP contribution >= 0.6 is 0 Å². The summed E-state index contributed by atoms with van der Waals surface area (Å²) in [4.78, 5) is 11.1. The summed E-state index contributed by atoms with van der Waals surface area (Å²) >= 11 is 0. The number of carbonyl (C=O) groups is 1. The van der Waals surface area contributed by atoms with E-state index in [4.69, 9.17) is 19.4 Å². The number of fused-ring (bicyclic) bond motifs is 1. The van der Waals surface area contributed by atoms with Crippen molar-refractivity contribution >= 4 is 11.7 Å². The summed E-state index contributed by atoms with van der Waals surface area (Å²) in [6.45, 7) is 4.71. The van der Waals surface area contributed by atoms with Gasteiger partial charge in [-0.1, -0.05) is 13.0 Å². The van der Waals surface area contributed by atoms with Crippen molar-refractivity contribution in [2.75, 3.05) is 11.9 Å². The number of carbonyl (C=O) groups excluding carboxylic acids is 1. The average molecular weight is 358 g/mol. The third-order valence-electron chi connectivity index (χ3n) is 4.12. The lowest BCUT2D eigenvalue weighted by Crippen LogP contribution is -2.27. The molecule has 1 aliphatic heterocycles. The summed E-state index contributed by atoms with van der Waals surface area (Å²) in [6, 6.07) is 11.9. The Labute approximate surface area is 151 Å². The second-order valence-corrected chi connectivity index (χ2v) is 6.03. The van der Waals surface area contributed by atoms with Crippen molar-refractivity contribution in [3.63, 3.8) is 0 Å². The van der Waals surface area contributed by atoms with Crippen LogP contribution in [0.5, 0.6) is 17.2 Å². The molecule has 1 aliphatic rings. The van der Waals surface area contributed by atoms with Gasteiger partial charge in [0.2, 0.25) is 0 Å². The van der Waals surface area contributed by atoms with E-state index >= 15 is 0 Å². The predicted molar refractivity (Wildman–Crippen MR) is 96.0 cm³/mol. The van der Waals surface area contributed by atoms with E-state index in [0.29, 0.717) is 29.7 Å². The Hall–Kier alpha value is -2.77. The molecular formula is C19H22N2O5. The Kier molecular flexibility index (Phi) is 5.60. The first-order valence-electron chi connectivity index (χ1n) is 8.50. The van der Waals surface area contributed by atoms with E-state index in [9.17, 15) is 4.79 Å². The third kappa shape index (κ3) is 4.25. The highest BCUT2D eigenvalue weighted by Gasteiger charge is 2.26. The van der Waals surface area contributed by atoms with Gasteiger partial charge >= 0.3 is 6.03 Å². The van der Waals surface area contributed by atoms with Crippen molar-refractivity contribution in [2.24, 2.45) is 0 Å². The van der Waals surface area contributed by atoms with E-state index in [2.05, 4.69) is 12.2 Å². The van der Waals surface area contributed by atoms with Crippen LogP contribution in [0, 0.1) is 0 Å². The molecule has 0 aliphatic carbocycles. The van der Waals surface area contributed by atoms with Crippen molar-refractivity contribution in [1.29, 1.82) is 0 Å². The number of anilines is 1. The molecule has 7 heteroatoms. The minimum Gasteiger partial charge on any atom is -0.464 e. The van der Waals surface area contributed by atoms with E-state index < -0.39 is 6.03 Å². The summed E-state index contributed by atoms with van der Waals surface area (Å²) in [5.74, 6) is 2.40. The molecule has 7 nitrogen and oxygen atoms in total. The number of nitrogens with one attached hydrogen (secondary N) is 2. The molecule has 2 amide bonds. The van der Waals surface area contributed by atoms with Gasteiger partial charge in [0.05, 0.1) is 0 Å². The fraction of sp³-hybridized carbons (Fsp3) is 0.316. The minimum atomic E-state index is -0.705. The zero-order chi connectivity index (χ0) is 18.5. The fourth-order valence-corrected chi connectivity index (χ4v) is 2.88. The number of urea groups is 1. The highest BCUT2D eigenvalue weighted by Crippen LogP contribution is 2.39. The van der Waals surface area contributed by atoms with E-state index in [1.54, 1.807) is 24.3 Å². The van der Waals surface area contributed by atoms with Gasteiger partial charge in [0.15, 0.2) is 6.29 Å². The topological polar surface area (TPSA) is 89.1 Å². The smallest absolute Gasteiger partial charge is 0.342 e. The summed E-state index contributed by atoms with van der Waals surface area (Å²) in [5, 5.41) is 11.0. The van der Waals surface area contributed by atoms with Crippen LogP contribution in [-0.2, 0) is 4.74 Å². The molecule has 138 valence electrons. The Bertz CT molecular complexity index is 763. The molecule has 0 bridgehead atoms. The van der Waals surface area contributed by atoms with Gasteiger partial charge in [-0.2, -0.15) is 0 Å². The minimum absolute atomic E-state index is 0.235. The number of hydrogen-bond acceptors (Lipinski definition) is 5. The fourth-order valence-electron chi connectivity index (χ4n) is 2.88. The van der Waals surface area contributed by atoms with Gasteiger partial charge in [-0.05, 0) is 48.7 Å². The Morgan fingerprint density at radius 2 is 1.96 bits per heavy atom. The number of ether oxygens (including phenoxy) is 3. The largest absolute Gasteiger partial charge is 0.464 e. The zero-order valence-electron chi connectivity index (χ0n) is 14.7. The first-order valence-corrected chi connectivity index (χ1v) is 8.50. The van der Waals surface area contributed by atoms with Gasteiger partial charge in [0, 0.05) is 24.8 Å². The van der Waals surface area contributed by atoms with E-state index in [-0.39, 0.29) is 6.29 Å². The van der Waals surface area contributed by atoms with Crippen LogP contribution in [0.3, 0.4) is 0 Å². The zero-order valence-corrected chi connectivity index (χ0v) is 14.7. The lowest BCUT2D eigenvalue weighted by molar-refractivity contribution is -0.0906. The van der Waals surface area contributed by atoms with Crippen molar-refractivity contribution in [1.82, 2.24) is 5.48 Å². The van der Waals surface area contributed by atoms with Crippen LogP contribution in [0.4, 0.5) is 10.5 Å². The highest BCUT2D eigenvalue weighted by molar-refractivity contribution is 5.88. The standard InChI is InChI=1S/C19H22N2O5/c1-3-24-18-10-12(2)16-9-8-15(11-17(16)26-18)25-14-6-4-13(5-7-14)20-19(22)21-23/h4-9,11-12,18,23H,3,10H2,1-2H3,(H2,20,21,22). The molecular weight excluding hydrogens is 336 g/mol. The summed E-state index contributed by atoms with van der Waals surface area (Å²) in [7, 11) is 0. The molecule has 26 heavy (non-hydrogen) atoms. The molecule has 0 aromatic heterocycles. The van der Waals surface area contributed by atoms with Crippen molar-refractivity contribution in [3.8, 4) is 17.2 Å². The molecule has 0 spiro atoms. The molecule has 3 rings (SSSR count). The first-order chi connectivity index (χ1) is 12.6. The van der Waals surface area contributed by atoms with Gasteiger partial charge in [-0.3, -0.25) is 5.21 Å². The Morgan fingerprint density at radius 3 is 2.65 bits per heavy atom. The Morgan fingerprint density at radius 1 is 1.23 bits per heavy atom. The summed E-state index contributed by atoms with van der Waals surface area (Å²) in [6.07, 6.45) is 0.595. The number of benzene rings is 2. The lowest BCUT2D eigenvalue weighted by atomic mass is 9.94. The highest BCUT2D eigenvalue weighted by atomic mass is 16.7. The van der Waals surface area contributed by atoms with Crippen LogP contribution in [0.15, 0.2) is 42.5 Å². The predicted octanol–water partition coefficient (Wildman–Crippen LogP) is 4.24. The molecule has 3 N–H and O–H groups in total. The van der Waals surface area contributed by atoms with Crippen LogP contribution in [-0.4, -0.2) is 24.1 Å². The maximum Gasteiger partial charge on any atom is 0.342 e. The monoisotopic (exact) mass is 358 g/mol. The van der Waals surface area contributed by atoms with E-state index in [0.717, 1.165) is 17.7 Å². The van der Waals surface area contributed by atoms with Gasteiger partial charge in [0.1, 0.15) is 17.2 Å². The molecule has 0 saturated heterocycles. The second-order valence-electron chi connectivity index (χ2n) is 6.03. The number of amides is 2. The molecule has 2 aromatic rings. The SMILES string of the molecule is CCOC1CC(C)c2ccc(Oc3ccc(NC(=O)NO)cc3)cc2O1. The molecule has 0 radical (unpaired) electrons. The van der Waals surface area contributed by atoms with Crippen molar-refractivity contribution in [3.05, 3.63) is 48.0 Å². The van der Waals surface area contributed by atoms with Gasteiger partial charge in [-0.25, -0.2) is 10.3 Å². The molecule has 1 heterocycles. The molecule has 2 unspecified atom stereocenters. The lowest BCUT2D eigenvalue weighted by Gasteiger charge is -2.30. The summed E-state index contributed by atoms with van der Waals surface area (Å²) < 4.78 is 17.4. The van der Waals surface area contributed by atoms with Gasteiger partial charge in [-0.15, -0.1) is 0 Å². The normalized spacial score (nSPS) is 18.4. The average Bonchev–Trinajstić information content (AvgIpc) is 2.63. The Balaban J connectivity index is 1.71. The van der Waals surface area contributed by atoms with Crippen LogP contribution < -0.4 is 20.3 Å². The van der Waals surface area contributed by atoms with Crippen molar-refractivity contribution in [2.45, 2.75) is 32.5 Å². The van der Waals surface area contributed by atoms with E-state index in [1.165, 1.54) is 5.48 Å². The molecule has 0 fully saturated rings. The van der Waals surface area contributed by atoms with Gasteiger partial charge in [0.25, 0.3) is 0 Å². The van der Waals surface area contributed by atoms with Crippen LogP contribution in [0.25, 0.3) is 0 Å². The van der Waals surface area contributed by atoms with Crippen LogP contribution in [0.1, 0.15) is 31.7 Å². The number of hydrogen-bond donors (Lipinski definition) is 3. The first kappa shape index (κ1) is 18.0. The molecule has 2 atom stereocenters. The van der Waals surface area contributed by atoms with Crippen LogP contribution in [0.2, 0.25) is 0 Å². The maximum atomic E-state index is 11.1. The quantitative estimate of drug-likeness (QED) is 0.549. The molecule has 2 aromatic carbocycles. The van der Waals surface area contributed by atoms with Crippen molar-refractivity contribution < 1.29 is 24.2 Å². The third-order valence-corrected chi connectivity index (χ3v) is 4.12. The number of rotatable bonds is 5. The van der Waals surface area contributed by atoms with E-state index in [1.807, 2.05) is 25.1 Å². The van der Waals surface area contributed by atoms with Gasteiger partial charge < -0.3 is 19.5 Å². The maximum absolute atomic E-state index is 11.1.